The van der Waals surface area contributed by atoms with Crippen LogP contribution in [0.4, 0.5) is 0 Å². The molecular formula is C11H13N3O2. The maximum Gasteiger partial charge on any atom is 0.359 e. The molecule has 5 heteroatoms. The van der Waals surface area contributed by atoms with Crippen molar-refractivity contribution in [1.29, 1.82) is 5.26 Å². The first-order valence-electron chi connectivity index (χ1n) is 5.28. The summed E-state index contributed by atoms with van der Waals surface area (Å²) in [6.45, 7) is 3.87. The van der Waals surface area contributed by atoms with Gasteiger partial charge in [-0.1, -0.05) is 0 Å². The number of hydrogen-bond acceptors (Lipinski definition) is 4. The van der Waals surface area contributed by atoms with Crippen molar-refractivity contribution in [3.05, 3.63) is 17.0 Å². The van der Waals surface area contributed by atoms with Crippen LogP contribution in [0, 0.1) is 18.3 Å². The normalized spacial score (nSPS) is 16.6. The van der Waals surface area contributed by atoms with Crippen molar-refractivity contribution >= 4 is 5.97 Å². The largest absolute Gasteiger partial charge is 0.461 e. The lowest BCUT2D eigenvalue weighted by Gasteiger charge is -2.03. The zero-order valence-electron chi connectivity index (χ0n) is 9.33. The van der Waals surface area contributed by atoms with Crippen LogP contribution in [0.1, 0.15) is 41.5 Å². The summed E-state index contributed by atoms with van der Waals surface area (Å²) in [5.41, 5.74) is 1.34. The van der Waals surface area contributed by atoms with Gasteiger partial charge in [0.25, 0.3) is 0 Å². The summed E-state index contributed by atoms with van der Waals surface area (Å²) in [7, 11) is 0. The first kappa shape index (κ1) is 10.7. The Morgan fingerprint density at radius 3 is 2.88 bits per heavy atom. The average Bonchev–Trinajstić information content (AvgIpc) is 2.97. The number of aromatic amines is 1. The maximum atomic E-state index is 11.5. The average molecular weight is 219 g/mol. The summed E-state index contributed by atoms with van der Waals surface area (Å²) in [6.07, 6.45) is 1.66. The molecule has 16 heavy (non-hydrogen) atoms. The van der Waals surface area contributed by atoms with Gasteiger partial charge in [-0.25, -0.2) is 4.79 Å². The lowest BCUT2D eigenvalue weighted by molar-refractivity contribution is 0.0518. The zero-order chi connectivity index (χ0) is 11.8. The molecule has 0 saturated heterocycles. The highest BCUT2D eigenvalue weighted by atomic mass is 16.5. The van der Waals surface area contributed by atoms with Crippen molar-refractivity contribution in [2.24, 2.45) is 0 Å². The predicted octanol–water partition coefficient (Wildman–Crippen LogP) is 1.45. The van der Waals surface area contributed by atoms with E-state index in [0.717, 1.165) is 24.1 Å². The van der Waals surface area contributed by atoms with Crippen LogP contribution >= 0.6 is 0 Å². The van der Waals surface area contributed by atoms with Crippen LogP contribution in [-0.4, -0.2) is 22.8 Å². The number of H-pyrrole nitrogens is 1. The highest BCUT2D eigenvalue weighted by Gasteiger charge is 2.48. The molecule has 1 N–H and O–H groups in total. The Labute approximate surface area is 93.4 Å². The number of hydrogen-bond donors (Lipinski definition) is 1. The fourth-order valence-corrected chi connectivity index (χ4v) is 1.80. The number of esters is 1. The van der Waals surface area contributed by atoms with Gasteiger partial charge in [0.1, 0.15) is 0 Å². The number of aromatic nitrogens is 2. The van der Waals surface area contributed by atoms with E-state index in [-0.39, 0.29) is 0 Å². The number of nitrogens with one attached hydrogen (secondary N) is 1. The van der Waals surface area contributed by atoms with Crippen LogP contribution in [0.5, 0.6) is 0 Å². The topological polar surface area (TPSA) is 78.8 Å². The van der Waals surface area contributed by atoms with Gasteiger partial charge in [-0.05, 0) is 26.7 Å². The molecule has 0 aliphatic heterocycles. The Hall–Kier alpha value is -1.83. The summed E-state index contributed by atoms with van der Waals surface area (Å²) in [5.74, 6) is -0.434. The minimum atomic E-state index is -0.443. The maximum absolute atomic E-state index is 11.5. The van der Waals surface area contributed by atoms with Crippen molar-refractivity contribution in [2.45, 2.75) is 32.1 Å². The van der Waals surface area contributed by atoms with Gasteiger partial charge in [0.05, 0.1) is 23.8 Å². The highest BCUT2D eigenvalue weighted by molar-refractivity contribution is 5.89. The SMILES string of the molecule is CCOC(=O)c1n[nH]c(C2(C#N)CC2)c1C. The molecule has 1 aromatic rings. The third kappa shape index (κ3) is 1.47. The van der Waals surface area contributed by atoms with Gasteiger partial charge in [-0.3, -0.25) is 5.10 Å². The predicted molar refractivity (Wildman–Crippen MR) is 55.8 cm³/mol. The smallest absolute Gasteiger partial charge is 0.359 e. The molecule has 0 spiro atoms. The lowest BCUT2D eigenvalue weighted by Crippen LogP contribution is -2.08. The van der Waals surface area contributed by atoms with E-state index in [9.17, 15) is 4.79 Å². The second-order valence-electron chi connectivity index (χ2n) is 3.99. The van der Waals surface area contributed by atoms with E-state index in [2.05, 4.69) is 16.3 Å². The van der Waals surface area contributed by atoms with E-state index in [1.807, 2.05) is 0 Å². The van der Waals surface area contributed by atoms with Crippen LogP contribution in [0.2, 0.25) is 0 Å². The Morgan fingerprint density at radius 1 is 1.69 bits per heavy atom. The summed E-state index contributed by atoms with van der Waals surface area (Å²) in [4.78, 5) is 11.5. The molecule has 1 saturated carbocycles. The van der Waals surface area contributed by atoms with Crippen molar-refractivity contribution in [3.63, 3.8) is 0 Å². The quantitative estimate of drug-likeness (QED) is 0.780. The van der Waals surface area contributed by atoms with Gasteiger partial charge in [-0.2, -0.15) is 10.4 Å². The number of nitriles is 1. The molecule has 0 amide bonds. The second-order valence-corrected chi connectivity index (χ2v) is 3.99. The molecule has 5 nitrogen and oxygen atoms in total. The van der Waals surface area contributed by atoms with Gasteiger partial charge >= 0.3 is 5.97 Å². The van der Waals surface area contributed by atoms with Crippen LogP contribution in [0.15, 0.2) is 0 Å². The molecule has 1 heterocycles. The minimum Gasteiger partial charge on any atom is -0.461 e. The van der Waals surface area contributed by atoms with Crippen LogP contribution in [0.3, 0.4) is 0 Å². The molecule has 1 fully saturated rings. The summed E-state index contributed by atoms with van der Waals surface area (Å²) >= 11 is 0. The monoisotopic (exact) mass is 219 g/mol. The standard InChI is InChI=1S/C11H13N3O2/c1-3-16-10(15)8-7(2)9(14-13-8)11(6-12)4-5-11/h3-5H2,1-2H3,(H,13,14). The van der Waals surface area contributed by atoms with E-state index < -0.39 is 11.4 Å². The number of nitrogens with zero attached hydrogens (tertiary/aromatic N) is 2. The summed E-state index contributed by atoms with van der Waals surface area (Å²) in [5, 5.41) is 15.8. The Morgan fingerprint density at radius 2 is 2.38 bits per heavy atom. The lowest BCUT2D eigenvalue weighted by atomic mass is 10.00. The molecule has 0 radical (unpaired) electrons. The van der Waals surface area contributed by atoms with Crippen molar-refractivity contribution in [3.8, 4) is 6.07 Å². The van der Waals surface area contributed by atoms with Crippen LogP contribution in [0.25, 0.3) is 0 Å². The van der Waals surface area contributed by atoms with E-state index in [1.165, 1.54) is 0 Å². The molecule has 1 aromatic heterocycles. The molecule has 0 aromatic carbocycles. The van der Waals surface area contributed by atoms with Gasteiger partial charge in [0, 0.05) is 5.56 Å². The summed E-state index contributed by atoms with van der Waals surface area (Å²) in [6, 6.07) is 2.27. The van der Waals surface area contributed by atoms with Crippen LogP contribution in [-0.2, 0) is 10.2 Å². The first-order chi connectivity index (χ1) is 7.64. The van der Waals surface area contributed by atoms with Gasteiger partial charge in [0.15, 0.2) is 5.69 Å². The molecule has 0 bridgehead atoms. The molecule has 2 rings (SSSR count). The van der Waals surface area contributed by atoms with E-state index >= 15 is 0 Å². The number of carbonyl (C=O) groups is 1. The van der Waals surface area contributed by atoms with Gasteiger partial charge < -0.3 is 4.74 Å². The number of ether oxygens (including phenoxy) is 1. The minimum absolute atomic E-state index is 0.290. The number of carbonyl (C=O) groups excluding carboxylic acids is 1. The Bertz CT molecular complexity index is 466. The van der Waals surface area contributed by atoms with E-state index in [1.54, 1.807) is 13.8 Å². The summed E-state index contributed by atoms with van der Waals surface area (Å²) < 4.78 is 4.88. The third-order valence-electron chi connectivity index (χ3n) is 2.92. The van der Waals surface area contributed by atoms with Crippen LogP contribution < -0.4 is 0 Å². The molecular weight excluding hydrogens is 206 g/mol. The van der Waals surface area contributed by atoms with Crippen molar-refractivity contribution in [1.82, 2.24) is 10.2 Å². The fourth-order valence-electron chi connectivity index (χ4n) is 1.80. The molecule has 0 unspecified atom stereocenters. The molecule has 0 atom stereocenters. The highest BCUT2D eigenvalue weighted by Crippen LogP contribution is 2.48. The fraction of sp³-hybridized carbons (Fsp3) is 0.545. The second kappa shape index (κ2) is 3.63. The number of rotatable bonds is 3. The van der Waals surface area contributed by atoms with E-state index in [0.29, 0.717) is 12.3 Å². The Balaban J connectivity index is 2.32. The molecule has 1 aliphatic carbocycles. The molecule has 1 aliphatic rings. The van der Waals surface area contributed by atoms with E-state index in [4.69, 9.17) is 10.00 Å². The van der Waals surface area contributed by atoms with Crippen molar-refractivity contribution < 1.29 is 9.53 Å². The third-order valence-corrected chi connectivity index (χ3v) is 2.92. The van der Waals surface area contributed by atoms with Gasteiger partial charge in [0.2, 0.25) is 0 Å². The Kier molecular flexibility index (Phi) is 2.43. The first-order valence-corrected chi connectivity index (χ1v) is 5.28. The molecule has 84 valence electrons. The zero-order valence-corrected chi connectivity index (χ0v) is 9.33. The van der Waals surface area contributed by atoms with Crippen molar-refractivity contribution in [2.75, 3.05) is 6.61 Å². The van der Waals surface area contributed by atoms with Gasteiger partial charge in [-0.15, -0.1) is 0 Å².